The lowest BCUT2D eigenvalue weighted by molar-refractivity contribution is -0.149. The molecule has 0 aliphatic heterocycles. The van der Waals surface area contributed by atoms with Crippen molar-refractivity contribution >= 4 is 23.8 Å². The van der Waals surface area contributed by atoms with Crippen molar-refractivity contribution in [2.75, 3.05) is 37.8 Å². The van der Waals surface area contributed by atoms with E-state index in [2.05, 4.69) is 19.2 Å². The maximum absolute atomic E-state index is 12.6. The molecule has 0 heterocycles. The van der Waals surface area contributed by atoms with E-state index in [9.17, 15) is 14.7 Å². The second-order valence-electron chi connectivity index (χ2n) is 7.69. The Balaban J connectivity index is 2.55. The number of hydrogen-bond donors (Lipinski definition) is 2. The molecule has 0 fully saturated rings. The van der Waals surface area contributed by atoms with Crippen LogP contribution in [-0.2, 0) is 16.0 Å². The largest absolute Gasteiger partial charge is 0.492 e. The molecular weight excluding hydrogens is 428 g/mol. The molecule has 0 aromatic heterocycles. The highest BCUT2D eigenvalue weighted by atomic mass is 32.2. The Hall–Kier alpha value is -1.93. The fraction of sp³-hybridized carbons (Fsp3) is 0.667. The lowest BCUT2D eigenvalue weighted by Gasteiger charge is -2.25. The van der Waals surface area contributed by atoms with Crippen molar-refractivity contribution in [3.8, 4) is 5.75 Å². The fourth-order valence-electron chi connectivity index (χ4n) is 2.95. The zero-order valence-electron chi connectivity index (χ0n) is 20.0. The summed E-state index contributed by atoms with van der Waals surface area (Å²) in [7, 11) is 0. The van der Waals surface area contributed by atoms with E-state index in [4.69, 9.17) is 9.47 Å². The lowest BCUT2D eigenvalue weighted by atomic mass is 10.1. The van der Waals surface area contributed by atoms with Gasteiger partial charge in [0.05, 0.1) is 6.54 Å². The summed E-state index contributed by atoms with van der Waals surface area (Å²) in [6, 6.07) is 7.44. The SMILES string of the molecule is CCCSCCCN(CCOc1ccc(CC(OCC)C(=O)O)cc1)C(=O)NC(C)CC. The third kappa shape index (κ3) is 11.6. The van der Waals surface area contributed by atoms with Crippen LogP contribution < -0.4 is 10.1 Å². The molecule has 2 unspecified atom stereocenters. The molecule has 1 rings (SSSR count). The average molecular weight is 469 g/mol. The third-order valence-corrected chi connectivity index (χ3v) is 6.23. The summed E-state index contributed by atoms with van der Waals surface area (Å²) in [5.74, 6) is 1.92. The van der Waals surface area contributed by atoms with E-state index in [1.54, 1.807) is 6.92 Å². The van der Waals surface area contributed by atoms with Crippen molar-refractivity contribution in [1.29, 1.82) is 0 Å². The highest BCUT2D eigenvalue weighted by Crippen LogP contribution is 2.15. The maximum Gasteiger partial charge on any atom is 0.333 e. The normalized spacial score (nSPS) is 12.8. The van der Waals surface area contributed by atoms with E-state index in [0.29, 0.717) is 38.5 Å². The van der Waals surface area contributed by atoms with Crippen LogP contribution >= 0.6 is 11.8 Å². The zero-order chi connectivity index (χ0) is 23.8. The molecule has 2 amide bonds. The molecule has 0 saturated heterocycles. The minimum Gasteiger partial charge on any atom is -0.492 e. The summed E-state index contributed by atoms with van der Waals surface area (Å²) >= 11 is 1.92. The van der Waals surface area contributed by atoms with E-state index in [-0.39, 0.29) is 12.1 Å². The van der Waals surface area contributed by atoms with Gasteiger partial charge < -0.3 is 24.8 Å². The number of aliphatic carboxylic acids is 1. The van der Waals surface area contributed by atoms with E-state index in [1.165, 1.54) is 0 Å². The number of urea groups is 1. The number of carbonyl (C=O) groups is 2. The standard InChI is InChI=1S/C24H40N2O5S/c1-5-16-32-17-8-13-26(24(29)25-19(4)6-2)14-15-31-21-11-9-20(10-12-21)18-22(23(27)28)30-7-3/h9-12,19,22H,5-8,13-18H2,1-4H3,(H,25,29)(H,27,28). The van der Waals surface area contributed by atoms with Crippen LogP contribution in [0.4, 0.5) is 4.79 Å². The highest BCUT2D eigenvalue weighted by Gasteiger charge is 2.18. The molecule has 182 valence electrons. The van der Waals surface area contributed by atoms with Gasteiger partial charge in [0.25, 0.3) is 0 Å². The van der Waals surface area contributed by atoms with Crippen LogP contribution in [0.2, 0.25) is 0 Å². The third-order valence-electron chi connectivity index (χ3n) is 4.95. The van der Waals surface area contributed by atoms with Crippen LogP contribution in [0.15, 0.2) is 24.3 Å². The zero-order valence-corrected chi connectivity index (χ0v) is 20.8. The average Bonchev–Trinajstić information content (AvgIpc) is 2.78. The predicted octanol–water partition coefficient (Wildman–Crippen LogP) is 4.44. The summed E-state index contributed by atoms with van der Waals surface area (Å²) in [5, 5.41) is 12.3. The first kappa shape index (κ1) is 28.1. The topological polar surface area (TPSA) is 88.1 Å². The van der Waals surface area contributed by atoms with Gasteiger partial charge in [-0.3, -0.25) is 0 Å². The number of thioether (sulfide) groups is 1. The van der Waals surface area contributed by atoms with Gasteiger partial charge in [0.2, 0.25) is 0 Å². The summed E-state index contributed by atoms with van der Waals surface area (Å²) in [6.45, 7) is 9.98. The number of nitrogens with zero attached hydrogens (tertiary/aromatic N) is 1. The van der Waals surface area contributed by atoms with Gasteiger partial charge in [-0.1, -0.05) is 26.0 Å². The quantitative estimate of drug-likeness (QED) is 0.329. The number of hydrogen-bond acceptors (Lipinski definition) is 5. The molecule has 1 aromatic carbocycles. The smallest absolute Gasteiger partial charge is 0.333 e. The van der Waals surface area contributed by atoms with Gasteiger partial charge in [-0.25, -0.2) is 9.59 Å². The molecule has 0 aliphatic rings. The second kappa shape index (κ2) is 16.7. The molecule has 0 radical (unpaired) electrons. The van der Waals surface area contributed by atoms with Gasteiger partial charge in [0.15, 0.2) is 6.10 Å². The van der Waals surface area contributed by atoms with Gasteiger partial charge in [-0.05, 0) is 62.3 Å². The number of carboxylic acid groups (broad SMARTS) is 1. The number of ether oxygens (including phenoxy) is 2. The summed E-state index contributed by atoms with van der Waals surface area (Å²) in [6.07, 6.45) is 2.47. The van der Waals surface area contributed by atoms with Crippen molar-refractivity contribution in [1.82, 2.24) is 10.2 Å². The molecule has 0 saturated carbocycles. The molecule has 2 N–H and O–H groups in total. The monoisotopic (exact) mass is 468 g/mol. The van der Waals surface area contributed by atoms with Gasteiger partial charge >= 0.3 is 12.0 Å². The molecule has 0 aliphatic carbocycles. The Labute approximate surface area is 197 Å². The van der Waals surface area contributed by atoms with E-state index < -0.39 is 12.1 Å². The second-order valence-corrected chi connectivity index (χ2v) is 8.92. The van der Waals surface area contributed by atoms with Crippen molar-refractivity contribution in [3.63, 3.8) is 0 Å². The predicted molar refractivity (Wildman–Crippen MR) is 131 cm³/mol. The van der Waals surface area contributed by atoms with Crippen LogP contribution in [0.3, 0.4) is 0 Å². The number of nitrogens with one attached hydrogen (secondary N) is 1. The number of amides is 2. The first-order valence-corrected chi connectivity index (χ1v) is 12.8. The van der Waals surface area contributed by atoms with Crippen LogP contribution in [0.25, 0.3) is 0 Å². The van der Waals surface area contributed by atoms with Crippen LogP contribution in [-0.4, -0.2) is 72.0 Å². The van der Waals surface area contributed by atoms with Gasteiger partial charge in [0.1, 0.15) is 12.4 Å². The fourth-order valence-corrected chi connectivity index (χ4v) is 3.78. The van der Waals surface area contributed by atoms with Gasteiger partial charge in [-0.2, -0.15) is 11.8 Å². The van der Waals surface area contributed by atoms with E-state index in [1.807, 2.05) is 47.9 Å². The molecule has 0 bridgehead atoms. The van der Waals surface area contributed by atoms with Crippen LogP contribution in [0.1, 0.15) is 52.5 Å². The molecule has 0 spiro atoms. The maximum atomic E-state index is 12.6. The summed E-state index contributed by atoms with van der Waals surface area (Å²) < 4.78 is 11.1. The molecular formula is C24H40N2O5S. The Morgan fingerprint density at radius 2 is 1.84 bits per heavy atom. The van der Waals surface area contributed by atoms with Crippen LogP contribution in [0, 0.1) is 0 Å². The molecule has 2 atom stereocenters. The Morgan fingerprint density at radius 1 is 1.12 bits per heavy atom. The van der Waals surface area contributed by atoms with Crippen molar-refractivity contribution in [3.05, 3.63) is 29.8 Å². The van der Waals surface area contributed by atoms with E-state index in [0.717, 1.165) is 36.3 Å². The summed E-state index contributed by atoms with van der Waals surface area (Å²) in [4.78, 5) is 25.7. The first-order valence-electron chi connectivity index (χ1n) is 11.6. The van der Waals surface area contributed by atoms with Crippen molar-refractivity contribution in [2.45, 2.75) is 65.5 Å². The Bertz CT molecular complexity index is 656. The molecule has 8 heteroatoms. The summed E-state index contributed by atoms with van der Waals surface area (Å²) in [5.41, 5.74) is 0.873. The molecule has 32 heavy (non-hydrogen) atoms. The number of benzene rings is 1. The molecule has 7 nitrogen and oxygen atoms in total. The van der Waals surface area contributed by atoms with Crippen molar-refractivity contribution in [2.24, 2.45) is 0 Å². The minimum atomic E-state index is -0.962. The number of rotatable bonds is 17. The lowest BCUT2D eigenvalue weighted by Crippen LogP contribution is -2.45. The number of carboxylic acids is 1. The molecule has 1 aromatic rings. The number of carbonyl (C=O) groups excluding carboxylic acids is 1. The van der Waals surface area contributed by atoms with Gasteiger partial charge in [0, 0.05) is 25.6 Å². The minimum absolute atomic E-state index is 0.0468. The Morgan fingerprint density at radius 3 is 2.44 bits per heavy atom. The Kier molecular flexibility index (Phi) is 14.6. The van der Waals surface area contributed by atoms with E-state index >= 15 is 0 Å². The first-order chi connectivity index (χ1) is 15.4. The van der Waals surface area contributed by atoms with Crippen molar-refractivity contribution < 1.29 is 24.2 Å². The van der Waals surface area contributed by atoms with Gasteiger partial charge in [-0.15, -0.1) is 0 Å². The van der Waals surface area contributed by atoms with Crippen LogP contribution in [0.5, 0.6) is 5.75 Å². The highest BCUT2D eigenvalue weighted by molar-refractivity contribution is 7.99.